The van der Waals surface area contributed by atoms with Crippen molar-refractivity contribution in [1.29, 1.82) is 0 Å². The van der Waals surface area contributed by atoms with Gasteiger partial charge < -0.3 is 19.5 Å². The summed E-state index contributed by atoms with van der Waals surface area (Å²) in [5, 5.41) is 13.2. The third-order valence-corrected chi connectivity index (χ3v) is 4.21. The number of fused-ring (bicyclic) bond motifs is 1. The van der Waals surface area contributed by atoms with Crippen molar-refractivity contribution in [3.8, 4) is 11.5 Å². The molecule has 2 aromatic rings. The third-order valence-electron chi connectivity index (χ3n) is 3.55. The number of hydrogen-bond acceptors (Lipinski definition) is 7. The van der Waals surface area contributed by atoms with Crippen LogP contribution >= 0.6 is 15.9 Å². The number of carbonyl (C=O) groups is 2. The summed E-state index contributed by atoms with van der Waals surface area (Å²) in [5.74, 6) is -0.385. The highest BCUT2D eigenvalue weighted by atomic mass is 79.9. The Morgan fingerprint density at radius 3 is 2.70 bits per heavy atom. The average molecular weight is 437 g/mol. The number of carbonyl (C=O) groups excluding carboxylic acids is 2. The van der Waals surface area contributed by atoms with E-state index in [1.807, 2.05) is 0 Å². The van der Waals surface area contributed by atoms with Gasteiger partial charge in [-0.15, -0.1) is 0 Å². The van der Waals surface area contributed by atoms with Crippen LogP contribution in [0.4, 0.5) is 11.4 Å². The first-order valence-corrected chi connectivity index (χ1v) is 8.52. The molecule has 1 aliphatic rings. The zero-order valence-electron chi connectivity index (χ0n) is 13.7. The van der Waals surface area contributed by atoms with Crippen molar-refractivity contribution in [2.75, 3.05) is 18.5 Å². The van der Waals surface area contributed by atoms with E-state index in [4.69, 9.17) is 14.2 Å². The fourth-order valence-corrected chi connectivity index (χ4v) is 2.74. The number of nitro benzene ring substituents is 1. The number of hydrogen-bond donors (Lipinski definition) is 1. The molecule has 1 N–H and O–H groups in total. The summed E-state index contributed by atoms with van der Waals surface area (Å²) in [6, 6.07) is 10.8. The minimum atomic E-state index is -0.973. The van der Waals surface area contributed by atoms with Crippen LogP contribution < -0.4 is 14.8 Å². The standard InChI is InChI=1S/C17H13BrN2O7/c18-11-7-10(20(23)24)5-6-12(11)19-16(21)9-26-17(22)15-8-25-13-3-1-2-4-14(13)27-15/h1-7,15H,8-9H2,(H,19,21)/t15-/m1/s1. The van der Waals surface area contributed by atoms with Crippen LogP contribution in [0.15, 0.2) is 46.9 Å². The number of nitro groups is 1. The fourth-order valence-electron chi connectivity index (χ4n) is 2.27. The number of esters is 1. The molecule has 1 amide bonds. The molecule has 0 saturated heterocycles. The molecule has 1 heterocycles. The molecule has 10 heteroatoms. The van der Waals surface area contributed by atoms with Crippen molar-refractivity contribution in [2.45, 2.75) is 6.10 Å². The lowest BCUT2D eigenvalue weighted by Crippen LogP contribution is -2.39. The molecule has 0 radical (unpaired) electrons. The van der Waals surface area contributed by atoms with Gasteiger partial charge in [-0.3, -0.25) is 14.9 Å². The van der Waals surface area contributed by atoms with Crippen LogP contribution in [0.1, 0.15) is 0 Å². The number of nitrogens with zero attached hydrogens (tertiary/aromatic N) is 1. The molecule has 9 nitrogen and oxygen atoms in total. The van der Waals surface area contributed by atoms with Gasteiger partial charge >= 0.3 is 5.97 Å². The summed E-state index contributed by atoms with van der Waals surface area (Å²) in [6.07, 6.45) is -0.973. The monoisotopic (exact) mass is 436 g/mol. The maximum Gasteiger partial charge on any atom is 0.351 e. The maximum atomic E-state index is 12.1. The molecule has 2 aromatic carbocycles. The van der Waals surface area contributed by atoms with Gasteiger partial charge in [0.25, 0.3) is 11.6 Å². The Morgan fingerprint density at radius 2 is 2.00 bits per heavy atom. The molecule has 27 heavy (non-hydrogen) atoms. The SMILES string of the molecule is O=C(COC(=O)[C@H]1COc2ccccc2O1)Nc1ccc([N+](=O)[O-])cc1Br. The highest BCUT2D eigenvalue weighted by molar-refractivity contribution is 9.10. The van der Waals surface area contributed by atoms with E-state index in [2.05, 4.69) is 21.2 Å². The lowest BCUT2D eigenvalue weighted by Gasteiger charge is -2.24. The van der Waals surface area contributed by atoms with E-state index in [0.29, 0.717) is 21.7 Å². The summed E-state index contributed by atoms with van der Waals surface area (Å²) < 4.78 is 16.2. The van der Waals surface area contributed by atoms with E-state index in [-0.39, 0.29) is 12.3 Å². The fraction of sp³-hybridized carbons (Fsp3) is 0.176. The molecule has 0 bridgehead atoms. The molecular weight excluding hydrogens is 424 g/mol. The number of amides is 1. The maximum absolute atomic E-state index is 12.1. The van der Waals surface area contributed by atoms with E-state index < -0.39 is 29.5 Å². The average Bonchev–Trinajstić information content (AvgIpc) is 2.67. The van der Waals surface area contributed by atoms with Crippen molar-refractivity contribution in [1.82, 2.24) is 0 Å². The molecule has 140 valence electrons. The topological polar surface area (TPSA) is 117 Å². The number of benzene rings is 2. The second-order valence-electron chi connectivity index (χ2n) is 5.44. The predicted octanol–water partition coefficient (Wildman–Crippen LogP) is 2.68. The summed E-state index contributed by atoms with van der Waals surface area (Å²) >= 11 is 3.14. The first-order chi connectivity index (χ1) is 12.9. The first-order valence-electron chi connectivity index (χ1n) is 7.73. The Labute approximate surface area is 161 Å². The summed E-state index contributed by atoms with van der Waals surface area (Å²) in [6.45, 7) is -0.560. The molecule has 3 rings (SSSR count). The van der Waals surface area contributed by atoms with Crippen LogP contribution in [0.25, 0.3) is 0 Å². The Hall–Kier alpha value is -3.14. The quantitative estimate of drug-likeness (QED) is 0.434. The van der Waals surface area contributed by atoms with Gasteiger partial charge in [0.2, 0.25) is 6.10 Å². The highest BCUT2D eigenvalue weighted by Gasteiger charge is 2.29. The van der Waals surface area contributed by atoms with Gasteiger partial charge in [0.05, 0.1) is 10.6 Å². The predicted molar refractivity (Wildman–Crippen MR) is 96.7 cm³/mol. The number of nitrogens with one attached hydrogen (secondary N) is 1. The van der Waals surface area contributed by atoms with Gasteiger partial charge in [0.15, 0.2) is 18.1 Å². The Kier molecular flexibility index (Phi) is 5.55. The van der Waals surface area contributed by atoms with E-state index in [1.54, 1.807) is 24.3 Å². The second-order valence-corrected chi connectivity index (χ2v) is 6.30. The Morgan fingerprint density at radius 1 is 1.26 bits per heavy atom. The molecular formula is C17H13BrN2O7. The Balaban J connectivity index is 1.52. The zero-order valence-corrected chi connectivity index (χ0v) is 15.3. The Bertz CT molecular complexity index is 903. The van der Waals surface area contributed by atoms with Crippen molar-refractivity contribution in [2.24, 2.45) is 0 Å². The number of rotatable bonds is 5. The smallest absolute Gasteiger partial charge is 0.351 e. The van der Waals surface area contributed by atoms with Gasteiger partial charge in [-0.25, -0.2) is 4.79 Å². The number of ether oxygens (including phenoxy) is 3. The minimum Gasteiger partial charge on any atom is -0.485 e. The van der Waals surface area contributed by atoms with Gasteiger partial charge in [-0.1, -0.05) is 12.1 Å². The van der Waals surface area contributed by atoms with Crippen molar-refractivity contribution in [3.05, 3.63) is 57.1 Å². The molecule has 0 fully saturated rings. The third kappa shape index (κ3) is 4.53. The van der Waals surface area contributed by atoms with E-state index in [9.17, 15) is 19.7 Å². The van der Waals surface area contributed by atoms with Crippen LogP contribution in [-0.4, -0.2) is 36.1 Å². The van der Waals surface area contributed by atoms with Crippen molar-refractivity contribution < 1.29 is 28.7 Å². The van der Waals surface area contributed by atoms with Gasteiger partial charge in [0.1, 0.15) is 6.61 Å². The molecule has 0 unspecified atom stereocenters. The number of para-hydroxylation sites is 2. The van der Waals surface area contributed by atoms with Crippen LogP contribution in [0.3, 0.4) is 0 Å². The second kappa shape index (κ2) is 8.04. The summed E-state index contributed by atoms with van der Waals surface area (Å²) in [5.41, 5.74) is 0.189. The van der Waals surface area contributed by atoms with Crippen LogP contribution in [0.2, 0.25) is 0 Å². The largest absolute Gasteiger partial charge is 0.485 e. The van der Waals surface area contributed by atoms with Gasteiger partial charge in [-0.05, 0) is 34.1 Å². The van der Waals surface area contributed by atoms with Crippen LogP contribution in [-0.2, 0) is 14.3 Å². The highest BCUT2D eigenvalue weighted by Crippen LogP contribution is 2.31. The zero-order chi connectivity index (χ0) is 19.4. The first kappa shape index (κ1) is 18.6. The molecule has 1 aliphatic heterocycles. The summed E-state index contributed by atoms with van der Waals surface area (Å²) in [4.78, 5) is 34.2. The van der Waals surface area contributed by atoms with Crippen LogP contribution in [0.5, 0.6) is 11.5 Å². The van der Waals surface area contributed by atoms with E-state index in [0.717, 1.165) is 0 Å². The van der Waals surface area contributed by atoms with Gasteiger partial charge in [0, 0.05) is 16.6 Å². The number of halogens is 1. The molecule has 0 saturated carbocycles. The molecule has 0 aromatic heterocycles. The lowest BCUT2D eigenvalue weighted by atomic mass is 10.2. The lowest BCUT2D eigenvalue weighted by molar-refractivity contribution is -0.384. The molecule has 1 atom stereocenters. The van der Waals surface area contributed by atoms with Crippen molar-refractivity contribution in [3.63, 3.8) is 0 Å². The van der Waals surface area contributed by atoms with Gasteiger partial charge in [-0.2, -0.15) is 0 Å². The van der Waals surface area contributed by atoms with E-state index in [1.165, 1.54) is 18.2 Å². The molecule has 0 aliphatic carbocycles. The summed E-state index contributed by atoms with van der Waals surface area (Å²) in [7, 11) is 0. The minimum absolute atomic E-state index is 0.0225. The van der Waals surface area contributed by atoms with Crippen LogP contribution in [0, 0.1) is 10.1 Å². The normalized spacial score (nSPS) is 14.9. The van der Waals surface area contributed by atoms with E-state index >= 15 is 0 Å². The molecule has 0 spiro atoms. The number of anilines is 1. The van der Waals surface area contributed by atoms with Crippen molar-refractivity contribution >= 4 is 39.2 Å². The number of non-ortho nitro benzene ring substituents is 1.